The quantitative estimate of drug-likeness (QED) is 0.261. The van der Waals surface area contributed by atoms with E-state index in [1.807, 2.05) is 78.9 Å². The van der Waals surface area contributed by atoms with Gasteiger partial charge in [-0.3, -0.25) is 0 Å². The molecule has 0 spiro atoms. The molecular formula is C27H18FeN4O2. The first-order chi connectivity index (χ1) is 16.1. The molecule has 0 fully saturated rings. The van der Waals surface area contributed by atoms with Crippen molar-refractivity contribution in [3.8, 4) is 11.1 Å². The summed E-state index contributed by atoms with van der Waals surface area (Å²) in [4.78, 5) is 28.1. The molecule has 1 aromatic carbocycles. The minimum atomic E-state index is -0.965. The molecule has 5 heterocycles. The number of hydrogen-bond donors (Lipinski definition) is 3. The molecule has 34 heavy (non-hydrogen) atoms. The van der Waals surface area contributed by atoms with Gasteiger partial charge < -0.3 is 15.1 Å². The predicted octanol–water partition coefficient (Wildman–Crippen LogP) is 6.02. The number of fused-ring (bicyclic) bond motifs is 8. The monoisotopic (exact) mass is 486 g/mol. The largest absolute Gasteiger partial charge is 0.478 e. The zero-order valence-electron chi connectivity index (χ0n) is 17.8. The van der Waals surface area contributed by atoms with Crippen LogP contribution in [-0.4, -0.2) is 31.0 Å². The number of aromatic nitrogens is 4. The average molecular weight is 486 g/mol. The number of nitrogens with one attached hydrogen (secondary N) is 2. The number of aromatic amines is 2. The molecule has 0 saturated carbocycles. The third-order valence-corrected chi connectivity index (χ3v) is 5.62. The zero-order valence-corrected chi connectivity index (χ0v) is 18.9. The molecule has 4 aromatic rings. The van der Waals surface area contributed by atoms with Gasteiger partial charge in [0.05, 0.1) is 28.3 Å². The summed E-state index contributed by atoms with van der Waals surface area (Å²) in [5.41, 5.74) is 8.50. The van der Waals surface area contributed by atoms with Crippen LogP contribution in [0, 0.1) is 0 Å². The summed E-state index contributed by atoms with van der Waals surface area (Å²) in [5, 5.41) is 9.73. The molecule has 6 rings (SSSR count). The maximum Gasteiger partial charge on any atom is 0.336 e. The van der Waals surface area contributed by atoms with E-state index in [9.17, 15) is 9.90 Å². The third-order valence-electron chi connectivity index (χ3n) is 5.62. The molecule has 6 nitrogen and oxygen atoms in total. The van der Waals surface area contributed by atoms with Crippen LogP contribution in [0.3, 0.4) is 0 Å². The molecule has 3 aromatic heterocycles. The Morgan fingerprint density at radius 3 is 1.82 bits per heavy atom. The summed E-state index contributed by atoms with van der Waals surface area (Å²) in [6.07, 6.45) is 7.83. The second-order valence-electron chi connectivity index (χ2n) is 7.94. The van der Waals surface area contributed by atoms with Crippen LogP contribution in [-0.2, 0) is 17.1 Å². The molecule has 0 saturated heterocycles. The number of nitrogens with zero attached hydrogens (tertiary/aromatic N) is 2. The maximum atomic E-state index is 11.9. The summed E-state index contributed by atoms with van der Waals surface area (Å²) in [6, 6.07) is 20.9. The molecular weight excluding hydrogens is 468 g/mol. The molecule has 0 radical (unpaired) electrons. The first kappa shape index (κ1) is 21.6. The normalized spacial score (nSPS) is 11.9. The van der Waals surface area contributed by atoms with Crippen molar-refractivity contribution in [1.82, 2.24) is 19.9 Å². The smallest absolute Gasteiger partial charge is 0.336 e. The van der Waals surface area contributed by atoms with Crippen LogP contribution in [0.2, 0.25) is 0 Å². The van der Waals surface area contributed by atoms with Gasteiger partial charge in [-0.05, 0) is 78.4 Å². The first-order valence-electron chi connectivity index (χ1n) is 10.5. The molecule has 3 N–H and O–H groups in total. The van der Waals surface area contributed by atoms with Gasteiger partial charge in [-0.15, -0.1) is 0 Å². The second-order valence-corrected chi connectivity index (χ2v) is 7.94. The Balaban J connectivity index is 0.00000241. The average Bonchev–Trinajstić information content (AvgIpc) is 3.59. The van der Waals surface area contributed by atoms with Crippen molar-refractivity contribution in [2.45, 2.75) is 0 Å². The second kappa shape index (κ2) is 8.63. The molecule has 0 unspecified atom stereocenters. The molecule has 2 aliphatic rings. The van der Waals surface area contributed by atoms with Crippen molar-refractivity contribution in [1.29, 1.82) is 0 Å². The van der Waals surface area contributed by atoms with Crippen molar-refractivity contribution in [2.24, 2.45) is 0 Å². The number of carbonyl (C=O) groups is 1. The number of aromatic carboxylic acids is 1. The SMILES string of the molecule is O=C(O)c1ccccc1-c1cc2cc3nc(cc4ccc(cc5nc(cc1[nH]2)C=C5)[nH]4)C=C3.[Fe]. The van der Waals surface area contributed by atoms with Gasteiger partial charge in [0.25, 0.3) is 0 Å². The number of benzene rings is 1. The zero-order chi connectivity index (χ0) is 22.4. The van der Waals surface area contributed by atoms with Gasteiger partial charge in [-0.1, -0.05) is 18.2 Å². The molecule has 166 valence electrons. The Hall–Kier alpha value is -4.19. The Labute approximate surface area is 205 Å². The van der Waals surface area contributed by atoms with Crippen molar-refractivity contribution in [3.05, 3.63) is 95.1 Å². The van der Waals surface area contributed by atoms with E-state index in [0.717, 1.165) is 50.4 Å². The van der Waals surface area contributed by atoms with Crippen LogP contribution in [0.1, 0.15) is 33.1 Å². The summed E-state index contributed by atoms with van der Waals surface area (Å²) < 4.78 is 0. The molecule has 0 atom stereocenters. The van der Waals surface area contributed by atoms with Gasteiger partial charge in [0, 0.05) is 44.7 Å². The minimum absolute atomic E-state index is 0. The molecule has 2 aliphatic heterocycles. The van der Waals surface area contributed by atoms with Crippen LogP contribution < -0.4 is 0 Å². The molecule has 7 heteroatoms. The van der Waals surface area contributed by atoms with E-state index >= 15 is 0 Å². The fraction of sp³-hybridized carbons (Fsp3) is 0. The van der Waals surface area contributed by atoms with Gasteiger partial charge in [-0.25, -0.2) is 14.8 Å². The van der Waals surface area contributed by atoms with Crippen molar-refractivity contribution in [2.75, 3.05) is 0 Å². The van der Waals surface area contributed by atoms with Crippen molar-refractivity contribution in [3.63, 3.8) is 0 Å². The van der Waals surface area contributed by atoms with E-state index in [4.69, 9.17) is 4.98 Å². The molecule has 0 aliphatic carbocycles. The van der Waals surface area contributed by atoms with Gasteiger partial charge in [0.15, 0.2) is 0 Å². The van der Waals surface area contributed by atoms with Crippen molar-refractivity contribution >= 4 is 52.3 Å². The minimum Gasteiger partial charge on any atom is -0.478 e. The standard InChI is InChI=1S/C27H18N4O2.Fe/c32-27(33)24-4-2-1-3-23(24)25-14-22-13-20-8-7-18(29-20)11-16-5-6-17(28-16)12-19-9-10-21(30-19)15-26(25)31-22;/h1-15,28,31H,(H,32,33);. The molecule has 8 bridgehead atoms. The van der Waals surface area contributed by atoms with E-state index in [1.165, 1.54) is 0 Å². The summed E-state index contributed by atoms with van der Waals surface area (Å²) in [6.45, 7) is 0. The van der Waals surface area contributed by atoms with Gasteiger partial charge in [0.2, 0.25) is 0 Å². The van der Waals surface area contributed by atoms with Gasteiger partial charge in [-0.2, -0.15) is 0 Å². The van der Waals surface area contributed by atoms with E-state index in [1.54, 1.807) is 12.1 Å². The van der Waals surface area contributed by atoms with Crippen LogP contribution >= 0.6 is 0 Å². The van der Waals surface area contributed by atoms with E-state index in [0.29, 0.717) is 5.56 Å². The Morgan fingerprint density at radius 1 is 0.647 bits per heavy atom. The first-order valence-corrected chi connectivity index (χ1v) is 10.5. The van der Waals surface area contributed by atoms with E-state index in [-0.39, 0.29) is 22.6 Å². The number of carboxylic acids is 1. The summed E-state index contributed by atoms with van der Waals surface area (Å²) in [5.74, 6) is -0.965. The van der Waals surface area contributed by atoms with Crippen LogP contribution in [0.5, 0.6) is 0 Å². The Kier molecular flexibility index (Phi) is 5.49. The Morgan fingerprint density at radius 2 is 1.21 bits per heavy atom. The molecule has 0 amide bonds. The number of carboxylic acid groups (broad SMARTS) is 1. The van der Waals surface area contributed by atoms with Gasteiger partial charge >= 0.3 is 5.97 Å². The fourth-order valence-corrected chi connectivity index (χ4v) is 4.15. The fourth-order valence-electron chi connectivity index (χ4n) is 4.15. The number of hydrogen-bond acceptors (Lipinski definition) is 3. The number of H-pyrrole nitrogens is 2. The van der Waals surface area contributed by atoms with E-state index in [2.05, 4.69) is 15.0 Å². The van der Waals surface area contributed by atoms with Gasteiger partial charge in [0.1, 0.15) is 0 Å². The summed E-state index contributed by atoms with van der Waals surface area (Å²) in [7, 11) is 0. The number of rotatable bonds is 2. The predicted molar refractivity (Wildman–Crippen MR) is 131 cm³/mol. The van der Waals surface area contributed by atoms with Crippen LogP contribution in [0.4, 0.5) is 0 Å². The third kappa shape index (κ3) is 4.10. The topological polar surface area (TPSA) is 94.7 Å². The Bertz CT molecular complexity index is 1660. The van der Waals surface area contributed by atoms with Crippen molar-refractivity contribution < 1.29 is 27.0 Å². The van der Waals surface area contributed by atoms with Crippen LogP contribution in [0.25, 0.3) is 57.5 Å². The summed E-state index contributed by atoms with van der Waals surface area (Å²) >= 11 is 0. The van der Waals surface area contributed by atoms with Crippen LogP contribution in [0.15, 0.2) is 66.7 Å². The van der Waals surface area contributed by atoms with E-state index < -0.39 is 5.97 Å². The maximum absolute atomic E-state index is 11.9.